The fraction of sp³-hybridized carbons (Fsp3) is 0.417. The molecule has 0 spiro atoms. The molecule has 158 valence electrons. The van der Waals surface area contributed by atoms with E-state index >= 15 is 0 Å². The summed E-state index contributed by atoms with van der Waals surface area (Å²) in [6.07, 6.45) is 5.23. The zero-order valence-electron chi connectivity index (χ0n) is 17.5. The Kier molecular flexibility index (Phi) is 5.12. The van der Waals surface area contributed by atoms with Crippen molar-refractivity contribution in [2.24, 2.45) is 7.05 Å². The highest BCUT2D eigenvalue weighted by Crippen LogP contribution is 2.39. The van der Waals surface area contributed by atoms with Crippen molar-refractivity contribution in [3.05, 3.63) is 75.2 Å². The van der Waals surface area contributed by atoms with Gasteiger partial charge < -0.3 is 9.47 Å². The maximum Gasteiger partial charge on any atom is 0.270 e. The molecular weight excluding hydrogens is 386 g/mol. The summed E-state index contributed by atoms with van der Waals surface area (Å²) < 4.78 is 29.0. The molecule has 4 nitrogen and oxygen atoms in total. The van der Waals surface area contributed by atoms with Crippen LogP contribution in [0.1, 0.15) is 60.9 Å². The molecule has 0 bridgehead atoms. The van der Waals surface area contributed by atoms with Gasteiger partial charge in [0.2, 0.25) is 5.91 Å². The highest BCUT2D eigenvalue weighted by atomic mass is 19.3. The van der Waals surface area contributed by atoms with Crippen LogP contribution in [0.5, 0.6) is 0 Å². The molecule has 2 aromatic rings. The van der Waals surface area contributed by atoms with E-state index in [0.717, 1.165) is 36.5 Å². The molecule has 1 saturated carbocycles. The number of carbonyl (C=O) groups is 1. The molecule has 6 heteroatoms. The van der Waals surface area contributed by atoms with E-state index in [1.54, 1.807) is 35.7 Å². The summed E-state index contributed by atoms with van der Waals surface area (Å²) in [5.74, 6) is -2.50. The van der Waals surface area contributed by atoms with Crippen molar-refractivity contribution < 1.29 is 13.6 Å². The van der Waals surface area contributed by atoms with E-state index in [2.05, 4.69) is 0 Å². The van der Waals surface area contributed by atoms with Gasteiger partial charge in [-0.3, -0.25) is 9.59 Å². The van der Waals surface area contributed by atoms with Crippen LogP contribution in [0.3, 0.4) is 0 Å². The van der Waals surface area contributed by atoms with Crippen molar-refractivity contribution in [3.8, 4) is 0 Å². The molecule has 2 aliphatic rings. The molecule has 0 radical (unpaired) electrons. The smallest absolute Gasteiger partial charge is 0.270 e. The second kappa shape index (κ2) is 7.49. The number of hydrogen-bond acceptors (Lipinski definition) is 2. The summed E-state index contributed by atoms with van der Waals surface area (Å²) in [4.78, 5) is 26.6. The van der Waals surface area contributed by atoms with Crippen LogP contribution >= 0.6 is 0 Å². The molecule has 1 aliphatic carbocycles. The van der Waals surface area contributed by atoms with E-state index in [-0.39, 0.29) is 23.1 Å². The predicted octanol–water partition coefficient (Wildman–Crippen LogP) is 4.43. The molecule has 30 heavy (non-hydrogen) atoms. The highest BCUT2D eigenvalue weighted by Gasteiger charge is 2.29. The van der Waals surface area contributed by atoms with Crippen LogP contribution in [0.15, 0.2) is 47.3 Å². The number of amides is 1. The maximum absolute atomic E-state index is 13.7. The van der Waals surface area contributed by atoms with Gasteiger partial charge in [0, 0.05) is 44.1 Å². The minimum Gasteiger partial charge on any atom is -0.339 e. The predicted molar refractivity (Wildman–Crippen MR) is 113 cm³/mol. The molecular formula is C24H26F2N2O2. The number of benzene rings is 1. The fourth-order valence-electron chi connectivity index (χ4n) is 4.12. The van der Waals surface area contributed by atoms with Gasteiger partial charge in [0.15, 0.2) is 0 Å². The van der Waals surface area contributed by atoms with Gasteiger partial charge in [-0.25, -0.2) is 8.78 Å². The van der Waals surface area contributed by atoms with E-state index in [1.807, 2.05) is 18.2 Å². The van der Waals surface area contributed by atoms with Crippen molar-refractivity contribution in [2.45, 2.75) is 50.5 Å². The number of halogens is 2. The van der Waals surface area contributed by atoms with Crippen LogP contribution in [0, 0.1) is 0 Å². The van der Waals surface area contributed by atoms with Crippen molar-refractivity contribution in [2.75, 3.05) is 7.05 Å². The Bertz CT molecular complexity index is 1060. The molecule has 0 unspecified atom stereocenters. The van der Waals surface area contributed by atoms with Crippen molar-refractivity contribution in [1.82, 2.24) is 9.47 Å². The van der Waals surface area contributed by atoms with Crippen LogP contribution in [-0.4, -0.2) is 28.5 Å². The number of carbonyl (C=O) groups excluding carboxylic acids is 1. The van der Waals surface area contributed by atoms with E-state index in [0.29, 0.717) is 24.5 Å². The minimum absolute atomic E-state index is 0.0199. The Hall–Kier alpha value is -2.76. The summed E-state index contributed by atoms with van der Waals surface area (Å²) in [5.41, 5.74) is 2.98. The lowest BCUT2D eigenvalue weighted by atomic mass is 9.96. The van der Waals surface area contributed by atoms with E-state index in [1.165, 1.54) is 12.1 Å². The second-order valence-electron chi connectivity index (χ2n) is 8.47. The minimum atomic E-state index is -2.92. The molecule has 1 aromatic heterocycles. The lowest BCUT2D eigenvalue weighted by Gasteiger charge is -2.21. The fourth-order valence-corrected chi connectivity index (χ4v) is 4.12. The molecule has 2 fully saturated rings. The summed E-state index contributed by atoms with van der Waals surface area (Å²) in [5, 5.41) is 0. The molecule has 2 heterocycles. The maximum atomic E-state index is 13.7. The Labute approximate surface area is 174 Å². The number of hydrogen-bond donors (Lipinski definition) is 0. The van der Waals surface area contributed by atoms with Crippen LogP contribution < -0.4 is 5.56 Å². The third kappa shape index (κ3) is 3.83. The lowest BCUT2D eigenvalue weighted by molar-refractivity contribution is -0.127. The number of alkyl halides is 2. The molecule has 1 amide bonds. The van der Waals surface area contributed by atoms with Crippen molar-refractivity contribution in [3.63, 3.8) is 0 Å². The first-order chi connectivity index (χ1) is 14.2. The highest BCUT2D eigenvalue weighted by molar-refractivity contribution is 5.82. The van der Waals surface area contributed by atoms with Gasteiger partial charge in [-0.15, -0.1) is 0 Å². The SMILES string of the molecule is CN1C(=O)CC[C@@H]1/C=C(/c1ccc(C(C)(F)F)cc1)c1ccc(C2CC2)c(=O)n1C. The molecule has 0 N–H and O–H groups in total. The summed E-state index contributed by atoms with van der Waals surface area (Å²) in [6, 6.07) is 9.88. The average Bonchev–Trinajstić information content (AvgIpc) is 3.50. The zero-order chi connectivity index (χ0) is 21.6. The van der Waals surface area contributed by atoms with Gasteiger partial charge in [-0.05, 0) is 36.8 Å². The number of pyridine rings is 1. The Morgan fingerprint density at radius 3 is 2.23 bits per heavy atom. The van der Waals surface area contributed by atoms with Crippen molar-refractivity contribution in [1.29, 1.82) is 0 Å². The first kappa shape index (κ1) is 20.5. The van der Waals surface area contributed by atoms with E-state index in [4.69, 9.17) is 0 Å². The summed E-state index contributed by atoms with van der Waals surface area (Å²) in [6.45, 7) is 0.873. The first-order valence-corrected chi connectivity index (χ1v) is 10.3. The molecule has 1 aliphatic heterocycles. The van der Waals surface area contributed by atoms with Crippen LogP contribution in [0.2, 0.25) is 0 Å². The number of nitrogens with zero attached hydrogens (tertiary/aromatic N) is 2. The van der Waals surface area contributed by atoms with Gasteiger partial charge in [0.1, 0.15) is 0 Å². The number of aromatic nitrogens is 1. The zero-order valence-corrected chi connectivity index (χ0v) is 17.5. The lowest BCUT2D eigenvalue weighted by Crippen LogP contribution is -2.28. The quantitative estimate of drug-likeness (QED) is 0.729. The van der Waals surface area contributed by atoms with Crippen LogP contribution in [0.4, 0.5) is 8.78 Å². The van der Waals surface area contributed by atoms with Crippen molar-refractivity contribution >= 4 is 11.5 Å². The summed E-state index contributed by atoms with van der Waals surface area (Å²) in [7, 11) is 3.51. The standard InChI is InChI=1S/C24H26F2N2O2/c1-24(25,26)17-8-6-16(7-9-17)20(14-18-10-13-22(29)27(18)2)21-12-11-19(15-4-5-15)23(30)28(21)3/h6-9,11-12,14-15,18H,4-5,10,13H2,1-3H3/b20-14-/t18-/m1/s1. The van der Waals surface area contributed by atoms with Crippen LogP contribution in [-0.2, 0) is 17.8 Å². The van der Waals surface area contributed by atoms with Crippen LogP contribution in [0.25, 0.3) is 5.57 Å². The first-order valence-electron chi connectivity index (χ1n) is 10.3. The summed E-state index contributed by atoms with van der Waals surface area (Å²) >= 11 is 0. The van der Waals surface area contributed by atoms with Gasteiger partial charge in [-0.1, -0.05) is 36.4 Å². The van der Waals surface area contributed by atoms with Gasteiger partial charge >= 0.3 is 0 Å². The third-order valence-electron chi connectivity index (χ3n) is 6.23. The number of rotatable bonds is 5. The number of likely N-dealkylation sites (tertiary alicyclic amines) is 1. The largest absolute Gasteiger partial charge is 0.339 e. The molecule has 1 atom stereocenters. The Morgan fingerprint density at radius 1 is 1.03 bits per heavy atom. The monoisotopic (exact) mass is 412 g/mol. The van der Waals surface area contributed by atoms with E-state index < -0.39 is 5.92 Å². The number of likely N-dealkylation sites (N-methyl/N-ethyl adjacent to an activating group) is 1. The average molecular weight is 412 g/mol. The molecule has 1 saturated heterocycles. The van der Waals surface area contributed by atoms with Gasteiger partial charge in [0.25, 0.3) is 11.5 Å². The van der Waals surface area contributed by atoms with Gasteiger partial charge in [-0.2, -0.15) is 0 Å². The third-order valence-corrected chi connectivity index (χ3v) is 6.23. The Morgan fingerprint density at radius 2 is 1.70 bits per heavy atom. The van der Waals surface area contributed by atoms with Gasteiger partial charge in [0.05, 0.1) is 11.7 Å². The molecule has 1 aromatic carbocycles. The molecule has 4 rings (SSSR count). The topological polar surface area (TPSA) is 42.3 Å². The van der Waals surface area contributed by atoms with E-state index in [9.17, 15) is 18.4 Å². The Balaban J connectivity index is 1.81. The second-order valence-corrected chi connectivity index (χ2v) is 8.47. The normalized spacial score (nSPS) is 20.2.